The average Bonchev–Trinajstić information content (AvgIpc) is 2.07. The molecule has 0 radical (unpaired) electrons. The molecule has 1 aliphatic rings. The van der Waals surface area contributed by atoms with Gasteiger partial charge in [-0.1, -0.05) is 25.7 Å². The highest BCUT2D eigenvalue weighted by atomic mass is 15.1. The Hall–Kier alpha value is -0.0400. The predicted molar refractivity (Wildman–Crippen MR) is 49.8 cm³/mol. The Balaban J connectivity index is 2.29. The predicted octanol–water partition coefficient (Wildman–Crippen LogP) is 2.66. The third kappa shape index (κ3) is 3.24. The summed E-state index contributed by atoms with van der Waals surface area (Å²) in [6, 6.07) is 0.813. The largest absolute Gasteiger partial charge is 0.304 e. The third-order valence-corrected chi connectivity index (χ3v) is 2.89. The van der Waals surface area contributed by atoms with Crippen molar-refractivity contribution in [2.45, 2.75) is 51.5 Å². The van der Waals surface area contributed by atoms with Crippen molar-refractivity contribution < 1.29 is 0 Å². The van der Waals surface area contributed by atoms with E-state index in [-0.39, 0.29) is 0 Å². The van der Waals surface area contributed by atoms with Crippen molar-refractivity contribution in [1.82, 2.24) is 4.90 Å². The van der Waals surface area contributed by atoms with Crippen molar-refractivity contribution in [1.29, 1.82) is 0 Å². The Morgan fingerprint density at radius 1 is 1.00 bits per heavy atom. The van der Waals surface area contributed by atoms with E-state index in [1.54, 1.807) is 0 Å². The molecule has 66 valence electrons. The summed E-state index contributed by atoms with van der Waals surface area (Å²) in [5.74, 6) is 0. The number of hydrogen-bond acceptors (Lipinski definition) is 1. The normalized spacial score (nSPS) is 30.5. The molecule has 0 spiro atoms. The zero-order valence-corrected chi connectivity index (χ0v) is 7.97. The third-order valence-electron chi connectivity index (χ3n) is 2.89. The van der Waals surface area contributed by atoms with Crippen LogP contribution in [0.25, 0.3) is 0 Å². The van der Waals surface area contributed by atoms with Crippen molar-refractivity contribution in [3.63, 3.8) is 0 Å². The Bertz CT molecular complexity index is 89.0. The summed E-state index contributed by atoms with van der Waals surface area (Å²) >= 11 is 0. The van der Waals surface area contributed by atoms with Crippen LogP contribution in [0.4, 0.5) is 0 Å². The second-order valence-electron chi connectivity index (χ2n) is 3.89. The summed E-state index contributed by atoms with van der Waals surface area (Å²) < 4.78 is 0. The molecule has 0 aromatic carbocycles. The molecule has 1 heteroatoms. The van der Waals surface area contributed by atoms with Gasteiger partial charge in [0.25, 0.3) is 0 Å². The first kappa shape index (κ1) is 9.05. The van der Waals surface area contributed by atoms with E-state index in [1.807, 2.05) is 0 Å². The van der Waals surface area contributed by atoms with Crippen LogP contribution in [0.15, 0.2) is 0 Å². The van der Waals surface area contributed by atoms with Crippen LogP contribution in [0, 0.1) is 0 Å². The van der Waals surface area contributed by atoms with Crippen LogP contribution >= 0.6 is 0 Å². The first-order valence-corrected chi connectivity index (χ1v) is 5.01. The molecule has 1 aliphatic heterocycles. The summed E-state index contributed by atoms with van der Waals surface area (Å²) in [6.07, 6.45) is 8.60. The van der Waals surface area contributed by atoms with Gasteiger partial charge in [-0.15, -0.1) is 0 Å². The van der Waals surface area contributed by atoms with Gasteiger partial charge in [0.2, 0.25) is 0 Å². The summed E-state index contributed by atoms with van der Waals surface area (Å²) in [5.41, 5.74) is 0. The van der Waals surface area contributed by atoms with Gasteiger partial charge in [-0.3, -0.25) is 0 Å². The number of rotatable bonds is 0. The lowest BCUT2D eigenvalue weighted by Crippen LogP contribution is -2.29. The molecule has 0 amide bonds. The molecule has 1 atom stereocenters. The minimum atomic E-state index is 0.813. The van der Waals surface area contributed by atoms with Gasteiger partial charge >= 0.3 is 0 Å². The minimum absolute atomic E-state index is 0.813. The molecule has 0 unspecified atom stereocenters. The minimum Gasteiger partial charge on any atom is -0.304 e. The molecule has 0 aromatic rings. The van der Waals surface area contributed by atoms with Crippen molar-refractivity contribution in [2.75, 3.05) is 13.6 Å². The van der Waals surface area contributed by atoms with Gasteiger partial charge < -0.3 is 4.90 Å². The lowest BCUT2D eigenvalue weighted by atomic mass is 10.1. The highest BCUT2D eigenvalue weighted by Crippen LogP contribution is 2.14. The second-order valence-corrected chi connectivity index (χ2v) is 3.89. The molecule has 1 saturated heterocycles. The van der Waals surface area contributed by atoms with Gasteiger partial charge in [0.1, 0.15) is 0 Å². The molecular weight excluding hydrogens is 134 g/mol. The fourth-order valence-corrected chi connectivity index (χ4v) is 1.77. The van der Waals surface area contributed by atoms with Crippen molar-refractivity contribution in [3.8, 4) is 0 Å². The topological polar surface area (TPSA) is 3.24 Å². The van der Waals surface area contributed by atoms with E-state index in [2.05, 4.69) is 18.9 Å². The maximum atomic E-state index is 2.51. The molecule has 0 aromatic heterocycles. The van der Waals surface area contributed by atoms with E-state index < -0.39 is 0 Å². The van der Waals surface area contributed by atoms with Gasteiger partial charge in [-0.2, -0.15) is 0 Å². The highest BCUT2D eigenvalue weighted by molar-refractivity contribution is 4.65. The highest BCUT2D eigenvalue weighted by Gasteiger charge is 2.09. The fourth-order valence-electron chi connectivity index (χ4n) is 1.77. The molecule has 11 heavy (non-hydrogen) atoms. The van der Waals surface area contributed by atoms with E-state index in [9.17, 15) is 0 Å². The summed E-state index contributed by atoms with van der Waals surface area (Å²) in [7, 11) is 2.26. The van der Waals surface area contributed by atoms with Crippen molar-refractivity contribution >= 4 is 0 Å². The lowest BCUT2D eigenvalue weighted by Gasteiger charge is -2.23. The second kappa shape index (κ2) is 4.76. The SMILES string of the molecule is C[C@H]1CCCCCCCN1C. The fraction of sp³-hybridized carbons (Fsp3) is 1.00. The standard InChI is InChI=1S/C10H21N/c1-10-8-6-4-3-5-7-9-11(10)2/h10H,3-9H2,1-2H3/t10-/m0/s1. The molecule has 0 bridgehead atoms. The number of hydrogen-bond donors (Lipinski definition) is 0. The van der Waals surface area contributed by atoms with E-state index in [4.69, 9.17) is 0 Å². The molecule has 1 heterocycles. The molecular formula is C10H21N. The maximum absolute atomic E-state index is 2.51. The average molecular weight is 155 g/mol. The molecule has 0 N–H and O–H groups in total. The molecule has 1 rings (SSSR count). The van der Waals surface area contributed by atoms with E-state index >= 15 is 0 Å². The first-order valence-electron chi connectivity index (χ1n) is 5.01. The summed E-state index contributed by atoms with van der Waals surface area (Å²) in [5, 5.41) is 0. The number of nitrogens with zero attached hydrogens (tertiary/aromatic N) is 1. The zero-order valence-electron chi connectivity index (χ0n) is 7.97. The van der Waals surface area contributed by atoms with Gasteiger partial charge in [-0.25, -0.2) is 0 Å². The van der Waals surface area contributed by atoms with Gasteiger partial charge in [0.15, 0.2) is 0 Å². The zero-order chi connectivity index (χ0) is 8.10. The van der Waals surface area contributed by atoms with Gasteiger partial charge in [0.05, 0.1) is 0 Å². The summed E-state index contributed by atoms with van der Waals surface area (Å²) in [6.45, 7) is 3.66. The van der Waals surface area contributed by atoms with E-state index in [1.165, 1.54) is 45.1 Å². The quantitative estimate of drug-likeness (QED) is 0.520. The van der Waals surface area contributed by atoms with Crippen LogP contribution in [0.5, 0.6) is 0 Å². The van der Waals surface area contributed by atoms with Crippen LogP contribution in [-0.4, -0.2) is 24.5 Å². The smallest absolute Gasteiger partial charge is 0.00638 e. The Kier molecular flexibility index (Phi) is 3.92. The Morgan fingerprint density at radius 3 is 2.45 bits per heavy atom. The van der Waals surface area contributed by atoms with Crippen molar-refractivity contribution in [2.24, 2.45) is 0 Å². The molecule has 1 fully saturated rings. The summed E-state index contributed by atoms with van der Waals surface area (Å²) in [4.78, 5) is 2.51. The Labute approximate surface area is 70.8 Å². The van der Waals surface area contributed by atoms with Crippen LogP contribution < -0.4 is 0 Å². The van der Waals surface area contributed by atoms with Gasteiger partial charge in [0, 0.05) is 6.04 Å². The van der Waals surface area contributed by atoms with Gasteiger partial charge in [-0.05, 0) is 33.4 Å². The van der Waals surface area contributed by atoms with Crippen LogP contribution in [0.3, 0.4) is 0 Å². The maximum Gasteiger partial charge on any atom is 0.00638 e. The van der Waals surface area contributed by atoms with Crippen LogP contribution in [0.2, 0.25) is 0 Å². The molecule has 0 aliphatic carbocycles. The Morgan fingerprint density at radius 2 is 1.64 bits per heavy atom. The van der Waals surface area contributed by atoms with Crippen LogP contribution in [-0.2, 0) is 0 Å². The first-order chi connectivity index (χ1) is 5.30. The van der Waals surface area contributed by atoms with Crippen molar-refractivity contribution in [3.05, 3.63) is 0 Å². The molecule has 1 nitrogen and oxygen atoms in total. The lowest BCUT2D eigenvalue weighted by molar-refractivity contribution is 0.245. The van der Waals surface area contributed by atoms with Crippen LogP contribution in [0.1, 0.15) is 45.4 Å². The van der Waals surface area contributed by atoms with E-state index in [0.29, 0.717) is 0 Å². The monoisotopic (exact) mass is 155 g/mol. The van der Waals surface area contributed by atoms with E-state index in [0.717, 1.165) is 6.04 Å². The molecule has 0 saturated carbocycles.